The summed E-state index contributed by atoms with van der Waals surface area (Å²) in [5.41, 5.74) is 2.52. The maximum absolute atomic E-state index is 11.8. The average Bonchev–Trinajstić information content (AvgIpc) is 2.76. The minimum Gasteiger partial charge on any atom is -0.316 e. The van der Waals surface area contributed by atoms with Crippen LogP contribution in [-0.4, -0.2) is 10.5 Å². The second kappa shape index (κ2) is 6.84. The van der Waals surface area contributed by atoms with Crippen molar-refractivity contribution in [2.24, 2.45) is 4.99 Å². The molecule has 0 radical (unpaired) electrons. The second-order valence-electron chi connectivity index (χ2n) is 4.95. The number of fused-ring (bicyclic) bond motifs is 1. The van der Waals surface area contributed by atoms with Crippen LogP contribution < -0.4 is 4.80 Å². The van der Waals surface area contributed by atoms with E-state index in [4.69, 9.17) is 0 Å². The summed E-state index contributed by atoms with van der Waals surface area (Å²) >= 11 is 1.62. The maximum atomic E-state index is 11.8. The molecule has 2 aromatic rings. The fourth-order valence-electron chi connectivity index (χ4n) is 2.24. The fourth-order valence-corrected chi connectivity index (χ4v) is 3.38. The van der Waals surface area contributed by atoms with Crippen LogP contribution in [0.4, 0.5) is 0 Å². The Balaban J connectivity index is 2.57. The molecule has 1 amide bonds. The maximum Gasteiger partial charge on any atom is 0.248 e. The fraction of sp³-hybridized carbons (Fsp3) is 0.500. The average molecular weight is 290 g/mol. The largest absolute Gasteiger partial charge is 0.316 e. The molecule has 0 saturated heterocycles. The number of benzene rings is 1. The van der Waals surface area contributed by atoms with E-state index in [1.807, 2.05) is 6.92 Å². The molecule has 1 aromatic heterocycles. The first-order valence-electron chi connectivity index (χ1n) is 7.39. The number of aryl methyl sites for hydroxylation is 2. The number of hydrogen-bond acceptors (Lipinski definition) is 2. The molecule has 108 valence electrons. The summed E-state index contributed by atoms with van der Waals surface area (Å²) in [5, 5.41) is 0. The molecule has 3 nitrogen and oxygen atoms in total. The van der Waals surface area contributed by atoms with Gasteiger partial charge in [0.15, 0.2) is 4.80 Å². The van der Waals surface area contributed by atoms with Gasteiger partial charge in [-0.05, 0) is 37.0 Å². The van der Waals surface area contributed by atoms with Gasteiger partial charge in [0.05, 0.1) is 10.2 Å². The number of nitrogens with zero attached hydrogens (tertiary/aromatic N) is 2. The first-order chi connectivity index (χ1) is 9.69. The van der Waals surface area contributed by atoms with Crippen LogP contribution in [0.5, 0.6) is 0 Å². The number of carbonyl (C=O) groups excluding carboxylic acids is 1. The molecule has 0 aliphatic rings. The van der Waals surface area contributed by atoms with Crippen LogP contribution >= 0.6 is 11.3 Å². The number of aromatic nitrogens is 1. The van der Waals surface area contributed by atoms with Crippen LogP contribution in [0.1, 0.15) is 45.6 Å². The van der Waals surface area contributed by atoms with Gasteiger partial charge in [-0.3, -0.25) is 4.79 Å². The summed E-state index contributed by atoms with van der Waals surface area (Å²) in [4.78, 5) is 16.9. The molecule has 0 aliphatic heterocycles. The van der Waals surface area contributed by atoms with Gasteiger partial charge in [0.2, 0.25) is 5.91 Å². The van der Waals surface area contributed by atoms with E-state index in [9.17, 15) is 4.79 Å². The van der Waals surface area contributed by atoms with Gasteiger partial charge in [0.25, 0.3) is 0 Å². The number of rotatable bonds is 5. The monoisotopic (exact) mass is 290 g/mol. The minimum absolute atomic E-state index is 0.0142. The Morgan fingerprint density at radius 3 is 2.70 bits per heavy atom. The molecule has 2 rings (SSSR count). The number of carbonyl (C=O) groups is 1. The van der Waals surface area contributed by atoms with Crippen molar-refractivity contribution in [3.8, 4) is 0 Å². The molecule has 0 unspecified atom stereocenters. The van der Waals surface area contributed by atoms with Crippen molar-refractivity contribution in [3.05, 3.63) is 28.6 Å². The lowest BCUT2D eigenvalue weighted by Crippen LogP contribution is -2.16. The van der Waals surface area contributed by atoms with E-state index in [0.29, 0.717) is 6.42 Å². The van der Waals surface area contributed by atoms with E-state index in [1.54, 1.807) is 11.3 Å². The van der Waals surface area contributed by atoms with Crippen LogP contribution in [0.25, 0.3) is 10.2 Å². The smallest absolute Gasteiger partial charge is 0.248 e. The van der Waals surface area contributed by atoms with E-state index >= 15 is 0 Å². The number of amides is 1. The van der Waals surface area contributed by atoms with Gasteiger partial charge in [-0.15, -0.1) is 0 Å². The van der Waals surface area contributed by atoms with Gasteiger partial charge in [-0.1, -0.05) is 38.2 Å². The Morgan fingerprint density at radius 1 is 1.25 bits per heavy atom. The first-order valence-corrected chi connectivity index (χ1v) is 8.21. The zero-order valence-electron chi connectivity index (χ0n) is 12.5. The predicted molar refractivity (Wildman–Crippen MR) is 85.0 cm³/mol. The molecule has 20 heavy (non-hydrogen) atoms. The Morgan fingerprint density at radius 2 is 2.05 bits per heavy atom. The van der Waals surface area contributed by atoms with Crippen LogP contribution in [0.3, 0.4) is 0 Å². The third-order valence-corrected chi connectivity index (χ3v) is 4.33. The van der Waals surface area contributed by atoms with Crippen molar-refractivity contribution in [2.45, 2.75) is 53.0 Å². The van der Waals surface area contributed by atoms with Gasteiger partial charge in [0, 0.05) is 13.0 Å². The molecule has 0 saturated carbocycles. The van der Waals surface area contributed by atoms with Crippen LogP contribution in [-0.2, 0) is 17.8 Å². The Labute approximate surface area is 124 Å². The van der Waals surface area contributed by atoms with Crippen molar-refractivity contribution in [1.29, 1.82) is 0 Å². The molecule has 0 aliphatic carbocycles. The van der Waals surface area contributed by atoms with Crippen molar-refractivity contribution in [3.63, 3.8) is 0 Å². The standard InChI is InChI=1S/C16H22N2OS/c1-4-7-15(19)17-16-18(10-5-2)13-9-8-12(6-3)11-14(13)20-16/h8-9,11H,4-7,10H2,1-3H3. The van der Waals surface area contributed by atoms with Gasteiger partial charge in [-0.2, -0.15) is 4.99 Å². The highest BCUT2D eigenvalue weighted by Crippen LogP contribution is 2.20. The summed E-state index contributed by atoms with van der Waals surface area (Å²) in [7, 11) is 0. The Hall–Kier alpha value is -1.42. The third kappa shape index (κ3) is 3.18. The molecule has 1 aromatic carbocycles. The summed E-state index contributed by atoms with van der Waals surface area (Å²) in [6.07, 6.45) is 3.45. The first kappa shape index (κ1) is 15.0. The zero-order valence-corrected chi connectivity index (χ0v) is 13.3. The molecule has 0 N–H and O–H groups in total. The molecular weight excluding hydrogens is 268 g/mol. The normalized spacial score (nSPS) is 12.2. The van der Waals surface area contributed by atoms with Crippen LogP contribution in [0.2, 0.25) is 0 Å². The SMILES string of the molecule is CCCC(=O)N=c1sc2cc(CC)ccc2n1CCC. The number of thiazole rings is 1. The molecule has 0 atom stereocenters. The van der Waals surface area contributed by atoms with Crippen molar-refractivity contribution in [2.75, 3.05) is 0 Å². The lowest BCUT2D eigenvalue weighted by molar-refractivity contribution is -0.118. The van der Waals surface area contributed by atoms with E-state index < -0.39 is 0 Å². The molecule has 0 bridgehead atoms. The molecular formula is C16H22N2OS. The Bertz CT molecular complexity index is 667. The molecule has 4 heteroatoms. The van der Waals surface area contributed by atoms with Crippen LogP contribution in [0.15, 0.2) is 23.2 Å². The quantitative estimate of drug-likeness (QED) is 0.822. The lowest BCUT2D eigenvalue weighted by atomic mass is 10.2. The molecule has 0 spiro atoms. The van der Waals surface area contributed by atoms with E-state index in [-0.39, 0.29) is 5.91 Å². The van der Waals surface area contributed by atoms with Crippen molar-refractivity contribution < 1.29 is 4.79 Å². The summed E-state index contributed by atoms with van der Waals surface area (Å²) < 4.78 is 3.40. The number of hydrogen-bond donors (Lipinski definition) is 0. The van der Waals surface area contributed by atoms with Gasteiger partial charge in [-0.25, -0.2) is 0 Å². The van der Waals surface area contributed by atoms with Gasteiger partial charge in [0.1, 0.15) is 0 Å². The van der Waals surface area contributed by atoms with E-state index in [2.05, 4.69) is 41.6 Å². The summed E-state index contributed by atoms with van der Waals surface area (Å²) in [5.74, 6) is -0.0142. The summed E-state index contributed by atoms with van der Waals surface area (Å²) in [6, 6.07) is 6.54. The Kier molecular flexibility index (Phi) is 5.12. The zero-order chi connectivity index (χ0) is 14.5. The molecule has 1 heterocycles. The minimum atomic E-state index is -0.0142. The summed E-state index contributed by atoms with van der Waals surface area (Å²) in [6.45, 7) is 7.22. The lowest BCUT2D eigenvalue weighted by Gasteiger charge is -2.03. The highest BCUT2D eigenvalue weighted by atomic mass is 32.1. The third-order valence-electron chi connectivity index (χ3n) is 3.29. The second-order valence-corrected chi connectivity index (χ2v) is 5.96. The highest BCUT2D eigenvalue weighted by molar-refractivity contribution is 7.16. The highest BCUT2D eigenvalue weighted by Gasteiger charge is 2.07. The topological polar surface area (TPSA) is 34.4 Å². The van der Waals surface area contributed by atoms with Gasteiger partial charge < -0.3 is 4.57 Å². The van der Waals surface area contributed by atoms with Crippen LogP contribution in [0, 0.1) is 0 Å². The molecule has 0 fully saturated rings. The van der Waals surface area contributed by atoms with Crippen molar-refractivity contribution >= 4 is 27.5 Å². The van der Waals surface area contributed by atoms with E-state index in [0.717, 1.165) is 30.6 Å². The predicted octanol–water partition coefficient (Wildman–Crippen LogP) is 3.90. The van der Waals surface area contributed by atoms with Crippen molar-refractivity contribution in [1.82, 2.24) is 4.57 Å². The van der Waals surface area contributed by atoms with Gasteiger partial charge >= 0.3 is 0 Å². The van der Waals surface area contributed by atoms with E-state index in [1.165, 1.54) is 15.8 Å².